The summed E-state index contributed by atoms with van der Waals surface area (Å²) in [4.78, 5) is 13.0. The Morgan fingerprint density at radius 1 is 1.17 bits per heavy atom. The third-order valence-corrected chi connectivity index (χ3v) is 3.69. The molecule has 0 aliphatic carbocycles. The van der Waals surface area contributed by atoms with E-state index >= 15 is 0 Å². The van der Waals surface area contributed by atoms with E-state index in [2.05, 4.69) is 17.0 Å². The smallest absolute Gasteiger partial charge is 0.344 e. The van der Waals surface area contributed by atoms with Gasteiger partial charge in [-0.25, -0.2) is 4.79 Å². The molecule has 0 amide bonds. The third-order valence-electron chi connectivity index (χ3n) is 3.40. The summed E-state index contributed by atoms with van der Waals surface area (Å²) in [5.41, 5.74) is 2.29. The maximum absolute atomic E-state index is 10.8. The maximum Gasteiger partial charge on any atom is 0.344 e. The van der Waals surface area contributed by atoms with Crippen molar-refractivity contribution in [2.24, 2.45) is 0 Å². The Morgan fingerprint density at radius 2 is 1.83 bits per heavy atom. The van der Waals surface area contributed by atoms with Crippen LogP contribution in [0.15, 0.2) is 48.5 Å². The predicted molar refractivity (Wildman–Crippen MR) is 90.8 cm³/mol. The van der Waals surface area contributed by atoms with E-state index in [0.29, 0.717) is 10.8 Å². The van der Waals surface area contributed by atoms with Crippen molar-refractivity contribution in [3.8, 4) is 5.75 Å². The monoisotopic (exact) mass is 333 g/mol. The molecule has 23 heavy (non-hydrogen) atoms. The van der Waals surface area contributed by atoms with E-state index in [0.717, 1.165) is 18.7 Å². The molecule has 0 bridgehead atoms. The highest BCUT2D eigenvalue weighted by Gasteiger charge is 2.14. The first kappa shape index (κ1) is 17.3. The minimum absolute atomic E-state index is 0.385. The van der Waals surface area contributed by atoms with Gasteiger partial charge in [0, 0.05) is 13.1 Å². The van der Waals surface area contributed by atoms with Crippen LogP contribution in [0.1, 0.15) is 18.1 Å². The normalized spacial score (nSPS) is 12.2. The molecular weight excluding hydrogens is 314 g/mol. The number of aliphatic carboxylic acids is 1. The Kier molecular flexibility index (Phi) is 6.02. The van der Waals surface area contributed by atoms with Crippen molar-refractivity contribution in [1.29, 1.82) is 0 Å². The lowest BCUT2D eigenvalue weighted by atomic mass is 10.1. The van der Waals surface area contributed by atoms with Crippen molar-refractivity contribution in [2.75, 3.05) is 7.05 Å². The maximum atomic E-state index is 10.8. The molecule has 0 aliphatic heterocycles. The number of benzene rings is 2. The van der Waals surface area contributed by atoms with E-state index in [4.69, 9.17) is 21.4 Å². The molecule has 2 rings (SSSR count). The van der Waals surface area contributed by atoms with Gasteiger partial charge in [0.05, 0.1) is 5.02 Å². The minimum Gasteiger partial charge on any atom is -0.479 e. The van der Waals surface area contributed by atoms with Crippen LogP contribution >= 0.6 is 11.6 Å². The first-order valence-electron chi connectivity index (χ1n) is 7.36. The van der Waals surface area contributed by atoms with Gasteiger partial charge < -0.3 is 9.84 Å². The molecule has 5 heteroatoms. The number of halogens is 1. The summed E-state index contributed by atoms with van der Waals surface area (Å²) >= 11 is 6.19. The lowest BCUT2D eigenvalue weighted by Crippen LogP contribution is -2.23. The second-order valence-corrected chi connectivity index (χ2v) is 5.93. The molecule has 0 heterocycles. The van der Waals surface area contributed by atoms with Crippen LogP contribution in [-0.2, 0) is 17.9 Å². The van der Waals surface area contributed by atoms with Crippen LogP contribution in [0.5, 0.6) is 5.75 Å². The van der Waals surface area contributed by atoms with Crippen molar-refractivity contribution in [3.05, 3.63) is 64.7 Å². The van der Waals surface area contributed by atoms with Crippen LogP contribution in [0.2, 0.25) is 5.02 Å². The van der Waals surface area contributed by atoms with Gasteiger partial charge in [0.1, 0.15) is 5.75 Å². The van der Waals surface area contributed by atoms with Crippen molar-refractivity contribution in [1.82, 2.24) is 4.90 Å². The fourth-order valence-corrected chi connectivity index (χ4v) is 2.49. The number of hydrogen-bond donors (Lipinski definition) is 1. The molecule has 0 aliphatic rings. The topological polar surface area (TPSA) is 49.8 Å². The molecule has 122 valence electrons. The Bertz CT molecular complexity index is 661. The van der Waals surface area contributed by atoms with Gasteiger partial charge in [-0.3, -0.25) is 4.90 Å². The Hall–Kier alpha value is -2.04. The van der Waals surface area contributed by atoms with Crippen molar-refractivity contribution < 1.29 is 14.6 Å². The van der Waals surface area contributed by atoms with Crippen LogP contribution in [0.3, 0.4) is 0 Å². The first-order chi connectivity index (χ1) is 11.0. The zero-order valence-corrected chi connectivity index (χ0v) is 14.0. The molecular formula is C18H20ClNO3. The molecule has 1 N–H and O–H groups in total. The van der Waals surface area contributed by atoms with Gasteiger partial charge >= 0.3 is 5.97 Å². The van der Waals surface area contributed by atoms with Gasteiger partial charge in [-0.1, -0.05) is 48.0 Å². The average molecular weight is 334 g/mol. The summed E-state index contributed by atoms with van der Waals surface area (Å²) in [7, 11) is 2.04. The number of carboxylic acids is 1. The van der Waals surface area contributed by atoms with E-state index in [1.807, 2.05) is 37.4 Å². The zero-order valence-electron chi connectivity index (χ0n) is 13.2. The molecule has 2 aromatic rings. The van der Waals surface area contributed by atoms with Gasteiger partial charge in [0.15, 0.2) is 6.10 Å². The van der Waals surface area contributed by atoms with E-state index in [1.54, 1.807) is 6.07 Å². The largest absolute Gasteiger partial charge is 0.479 e. The molecule has 0 saturated carbocycles. The standard InChI is InChI=1S/C18H20ClNO3/c1-13(18(21)22)23-17-9-8-15(10-16(17)19)12-20(2)11-14-6-4-3-5-7-14/h3-10,13H,11-12H2,1-2H3,(H,21,22)/t13-/m1/s1. The second-order valence-electron chi connectivity index (χ2n) is 5.52. The van der Waals surface area contributed by atoms with Gasteiger partial charge in [-0.15, -0.1) is 0 Å². The molecule has 0 fully saturated rings. The van der Waals surface area contributed by atoms with Gasteiger partial charge in [0.25, 0.3) is 0 Å². The van der Waals surface area contributed by atoms with Crippen molar-refractivity contribution >= 4 is 17.6 Å². The molecule has 4 nitrogen and oxygen atoms in total. The summed E-state index contributed by atoms with van der Waals surface area (Å²) in [6, 6.07) is 15.7. The highest BCUT2D eigenvalue weighted by atomic mass is 35.5. The molecule has 0 spiro atoms. The van der Waals surface area contributed by atoms with E-state index in [-0.39, 0.29) is 0 Å². The lowest BCUT2D eigenvalue weighted by Gasteiger charge is -2.18. The SMILES string of the molecule is C[C@@H](Oc1ccc(CN(C)Cc2ccccc2)cc1Cl)C(=O)O. The van der Waals surface area contributed by atoms with Gasteiger partial charge in [-0.2, -0.15) is 0 Å². The van der Waals surface area contributed by atoms with Crippen LogP contribution in [-0.4, -0.2) is 29.1 Å². The van der Waals surface area contributed by atoms with Crippen LogP contribution in [0.4, 0.5) is 0 Å². The number of nitrogens with zero attached hydrogens (tertiary/aromatic N) is 1. The number of hydrogen-bond acceptors (Lipinski definition) is 3. The number of carbonyl (C=O) groups is 1. The molecule has 0 aromatic heterocycles. The number of carboxylic acid groups (broad SMARTS) is 1. The fourth-order valence-electron chi connectivity index (χ4n) is 2.24. The fraction of sp³-hybridized carbons (Fsp3) is 0.278. The zero-order chi connectivity index (χ0) is 16.8. The molecule has 2 aromatic carbocycles. The van der Waals surface area contributed by atoms with Gasteiger partial charge in [0.2, 0.25) is 0 Å². The molecule has 0 radical (unpaired) electrons. The lowest BCUT2D eigenvalue weighted by molar-refractivity contribution is -0.144. The van der Waals surface area contributed by atoms with Crippen LogP contribution in [0.25, 0.3) is 0 Å². The summed E-state index contributed by atoms with van der Waals surface area (Å²) in [5, 5.41) is 9.29. The van der Waals surface area contributed by atoms with Gasteiger partial charge in [-0.05, 0) is 37.2 Å². The highest BCUT2D eigenvalue weighted by Crippen LogP contribution is 2.27. The number of ether oxygens (including phenoxy) is 1. The average Bonchev–Trinajstić information content (AvgIpc) is 2.50. The van der Waals surface area contributed by atoms with E-state index < -0.39 is 12.1 Å². The first-order valence-corrected chi connectivity index (χ1v) is 7.74. The molecule has 0 saturated heterocycles. The summed E-state index contributed by atoms with van der Waals surface area (Å²) < 4.78 is 5.32. The Labute approximate surface area is 141 Å². The summed E-state index contributed by atoms with van der Waals surface area (Å²) in [5.74, 6) is -0.635. The summed E-state index contributed by atoms with van der Waals surface area (Å²) in [6.07, 6.45) is -0.931. The third kappa shape index (κ3) is 5.27. The van der Waals surface area contributed by atoms with Crippen LogP contribution < -0.4 is 4.74 Å². The van der Waals surface area contributed by atoms with Crippen LogP contribution in [0, 0.1) is 0 Å². The Morgan fingerprint density at radius 3 is 2.43 bits per heavy atom. The Balaban J connectivity index is 1.98. The van der Waals surface area contributed by atoms with Crippen molar-refractivity contribution in [2.45, 2.75) is 26.1 Å². The van der Waals surface area contributed by atoms with E-state index in [1.165, 1.54) is 12.5 Å². The molecule has 1 atom stereocenters. The second kappa shape index (κ2) is 7.99. The van der Waals surface area contributed by atoms with E-state index in [9.17, 15) is 4.79 Å². The quantitative estimate of drug-likeness (QED) is 0.836. The number of rotatable bonds is 7. The molecule has 0 unspecified atom stereocenters. The highest BCUT2D eigenvalue weighted by molar-refractivity contribution is 6.32. The summed E-state index contributed by atoms with van der Waals surface area (Å²) in [6.45, 7) is 3.05. The predicted octanol–water partition coefficient (Wildman–Crippen LogP) is 3.82. The minimum atomic E-state index is -1.02. The van der Waals surface area contributed by atoms with Crippen molar-refractivity contribution in [3.63, 3.8) is 0 Å².